The lowest BCUT2D eigenvalue weighted by Crippen LogP contribution is -2.16. The minimum Gasteiger partial charge on any atom is -0.454 e. The molecule has 0 amide bonds. The largest absolute Gasteiger partial charge is 0.454 e. The molecule has 0 aliphatic carbocycles. The van der Waals surface area contributed by atoms with Gasteiger partial charge in [-0.25, -0.2) is 8.78 Å². The molecule has 36 heavy (non-hydrogen) atoms. The van der Waals surface area contributed by atoms with Gasteiger partial charge in [-0.15, -0.1) is 21.5 Å². The van der Waals surface area contributed by atoms with E-state index in [1.807, 2.05) is 13.0 Å². The lowest BCUT2D eigenvalue weighted by Gasteiger charge is -2.21. The molecule has 3 heterocycles. The molecule has 0 fully saturated rings. The minimum atomic E-state index is -1.17. The molecular formula is C26H21F2N3O3S2. The van der Waals surface area contributed by atoms with Gasteiger partial charge in [0.25, 0.3) is 5.56 Å². The van der Waals surface area contributed by atoms with Gasteiger partial charge in [0.05, 0.1) is 10.5 Å². The number of hydrogen-bond donors (Lipinski definition) is 1. The van der Waals surface area contributed by atoms with Crippen molar-refractivity contribution in [1.29, 1.82) is 0 Å². The van der Waals surface area contributed by atoms with Gasteiger partial charge < -0.3 is 14.4 Å². The van der Waals surface area contributed by atoms with Crippen molar-refractivity contribution in [3.63, 3.8) is 0 Å². The highest BCUT2D eigenvalue weighted by Crippen LogP contribution is 2.43. The Morgan fingerprint density at radius 1 is 1.00 bits per heavy atom. The van der Waals surface area contributed by atoms with Gasteiger partial charge in [0.1, 0.15) is 21.3 Å². The summed E-state index contributed by atoms with van der Waals surface area (Å²) in [5, 5.41) is 21.2. The van der Waals surface area contributed by atoms with E-state index in [-0.39, 0.29) is 17.1 Å². The van der Waals surface area contributed by atoms with Crippen molar-refractivity contribution in [3.8, 4) is 32.5 Å². The van der Waals surface area contributed by atoms with E-state index in [1.165, 1.54) is 33.3 Å². The number of rotatable bonds is 5. The van der Waals surface area contributed by atoms with Crippen LogP contribution in [0.3, 0.4) is 0 Å². The monoisotopic (exact) mass is 525 g/mol. The number of hydrogen-bond acceptors (Lipinski definition) is 7. The maximum Gasteiger partial charge on any atom is 0.268 e. The van der Waals surface area contributed by atoms with Crippen LogP contribution in [0, 0.1) is 18.6 Å². The van der Waals surface area contributed by atoms with Crippen LogP contribution < -0.4 is 10.3 Å². The summed E-state index contributed by atoms with van der Waals surface area (Å²) in [6, 6.07) is 10.0. The molecule has 0 radical (unpaired) electrons. The van der Waals surface area contributed by atoms with Crippen LogP contribution in [-0.2, 0) is 12.6 Å². The first-order chi connectivity index (χ1) is 17.0. The van der Waals surface area contributed by atoms with E-state index in [2.05, 4.69) is 10.2 Å². The summed E-state index contributed by atoms with van der Waals surface area (Å²) in [5.74, 6) is -1.42. The predicted octanol–water partition coefficient (Wildman–Crippen LogP) is 6.39. The van der Waals surface area contributed by atoms with E-state index in [9.17, 15) is 18.7 Å². The Labute approximate surface area is 213 Å². The summed E-state index contributed by atoms with van der Waals surface area (Å²) < 4.78 is 35.8. The van der Waals surface area contributed by atoms with E-state index < -0.39 is 17.2 Å². The van der Waals surface area contributed by atoms with Gasteiger partial charge in [-0.3, -0.25) is 4.79 Å². The standard InChI is InChI=1S/C26H21F2N3O3S2/c1-13-29-30-24(35-13)22-11-17-18(12-31(4)25(32)23(17)36-22)16-9-14(26(2,3)33)5-7-20(16)34-21-8-6-15(27)10-19(21)28/h5-12,33H,1-4H3. The van der Waals surface area contributed by atoms with E-state index in [4.69, 9.17) is 4.74 Å². The van der Waals surface area contributed by atoms with Crippen molar-refractivity contribution < 1.29 is 18.6 Å². The Morgan fingerprint density at radius 3 is 2.42 bits per heavy atom. The van der Waals surface area contributed by atoms with Crippen LogP contribution >= 0.6 is 22.7 Å². The summed E-state index contributed by atoms with van der Waals surface area (Å²) in [5.41, 5.74) is 0.452. The number of nitrogens with zero attached hydrogens (tertiary/aromatic N) is 3. The number of fused-ring (bicyclic) bond motifs is 1. The molecular weight excluding hydrogens is 504 g/mol. The third-order valence-electron chi connectivity index (χ3n) is 5.69. The van der Waals surface area contributed by atoms with Gasteiger partial charge in [-0.1, -0.05) is 17.4 Å². The van der Waals surface area contributed by atoms with Crippen LogP contribution in [0.4, 0.5) is 8.78 Å². The van der Waals surface area contributed by atoms with E-state index >= 15 is 0 Å². The van der Waals surface area contributed by atoms with Crippen LogP contribution in [0.15, 0.2) is 53.5 Å². The van der Waals surface area contributed by atoms with Crippen molar-refractivity contribution >= 4 is 32.8 Å². The summed E-state index contributed by atoms with van der Waals surface area (Å²) >= 11 is 2.75. The summed E-state index contributed by atoms with van der Waals surface area (Å²) in [4.78, 5) is 13.8. The van der Waals surface area contributed by atoms with E-state index in [1.54, 1.807) is 45.3 Å². The van der Waals surface area contributed by atoms with Crippen molar-refractivity contribution in [2.45, 2.75) is 26.4 Å². The lowest BCUT2D eigenvalue weighted by atomic mass is 9.93. The molecule has 6 nitrogen and oxygen atoms in total. The Hall–Kier alpha value is -3.47. The van der Waals surface area contributed by atoms with Crippen LogP contribution in [0.5, 0.6) is 11.5 Å². The van der Waals surface area contributed by atoms with Crippen molar-refractivity contribution in [1.82, 2.24) is 14.8 Å². The van der Waals surface area contributed by atoms with Gasteiger partial charge in [0.15, 0.2) is 16.6 Å². The molecule has 10 heteroatoms. The van der Waals surface area contributed by atoms with Crippen molar-refractivity contribution in [3.05, 3.63) is 81.2 Å². The molecule has 5 rings (SSSR count). The number of pyridine rings is 1. The second kappa shape index (κ2) is 8.88. The second-order valence-electron chi connectivity index (χ2n) is 8.89. The molecule has 3 aromatic heterocycles. The highest BCUT2D eigenvalue weighted by molar-refractivity contribution is 7.25. The Morgan fingerprint density at radius 2 is 1.75 bits per heavy atom. The average Bonchev–Trinajstić information content (AvgIpc) is 3.44. The summed E-state index contributed by atoms with van der Waals surface area (Å²) in [6.07, 6.45) is 1.68. The Kier molecular flexibility index (Phi) is 5.98. The number of aromatic nitrogens is 3. The molecule has 2 aromatic carbocycles. The first-order valence-corrected chi connectivity index (χ1v) is 12.6. The van der Waals surface area contributed by atoms with E-state index in [0.29, 0.717) is 31.8 Å². The maximum atomic E-state index is 14.4. The SMILES string of the molecule is Cc1nnc(-c2cc3c(-c4cc(C(C)(C)O)ccc4Oc4ccc(F)cc4F)cn(C)c(=O)c3s2)s1. The third kappa shape index (κ3) is 4.43. The quantitative estimate of drug-likeness (QED) is 0.288. The van der Waals surface area contributed by atoms with Crippen molar-refractivity contribution in [2.75, 3.05) is 0 Å². The van der Waals surface area contributed by atoms with Gasteiger partial charge in [-0.05, 0) is 56.7 Å². The number of thiophene rings is 1. The summed E-state index contributed by atoms with van der Waals surface area (Å²) in [7, 11) is 1.65. The first-order valence-electron chi connectivity index (χ1n) is 10.9. The first kappa shape index (κ1) is 24.2. The zero-order valence-electron chi connectivity index (χ0n) is 19.8. The molecule has 0 saturated heterocycles. The molecule has 0 spiro atoms. The second-order valence-corrected chi connectivity index (χ2v) is 11.1. The third-order valence-corrected chi connectivity index (χ3v) is 7.82. The highest BCUT2D eigenvalue weighted by atomic mass is 32.1. The predicted molar refractivity (Wildman–Crippen MR) is 138 cm³/mol. The molecule has 5 aromatic rings. The minimum absolute atomic E-state index is 0.148. The number of aliphatic hydroxyl groups is 1. The lowest BCUT2D eigenvalue weighted by molar-refractivity contribution is 0.0786. The molecule has 0 aliphatic heterocycles. The van der Waals surface area contributed by atoms with Crippen LogP contribution in [0.1, 0.15) is 24.4 Å². The highest BCUT2D eigenvalue weighted by Gasteiger charge is 2.23. The number of ether oxygens (including phenoxy) is 1. The molecule has 0 atom stereocenters. The molecule has 0 aliphatic rings. The smallest absolute Gasteiger partial charge is 0.268 e. The van der Waals surface area contributed by atoms with Crippen LogP contribution in [0.25, 0.3) is 31.1 Å². The Bertz CT molecular complexity index is 1680. The van der Waals surface area contributed by atoms with Crippen molar-refractivity contribution in [2.24, 2.45) is 7.05 Å². The molecule has 0 saturated carbocycles. The molecule has 0 unspecified atom stereocenters. The zero-order chi connectivity index (χ0) is 25.8. The van der Waals surface area contributed by atoms with Gasteiger partial charge in [0, 0.05) is 35.8 Å². The van der Waals surface area contributed by atoms with Gasteiger partial charge >= 0.3 is 0 Å². The van der Waals surface area contributed by atoms with Gasteiger partial charge in [-0.2, -0.15) is 0 Å². The van der Waals surface area contributed by atoms with Crippen LogP contribution in [-0.4, -0.2) is 19.9 Å². The number of aryl methyl sites for hydroxylation is 2. The van der Waals surface area contributed by atoms with Crippen LogP contribution in [0.2, 0.25) is 0 Å². The number of halogens is 2. The fraction of sp³-hybridized carbons (Fsp3) is 0.192. The fourth-order valence-electron chi connectivity index (χ4n) is 3.83. The normalized spacial score (nSPS) is 11.9. The average molecular weight is 526 g/mol. The zero-order valence-corrected chi connectivity index (χ0v) is 21.4. The summed E-state index contributed by atoms with van der Waals surface area (Å²) in [6.45, 7) is 5.17. The molecule has 184 valence electrons. The Balaban J connectivity index is 1.76. The van der Waals surface area contributed by atoms with Gasteiger partial charge in [0.2, 0.25) is 0 Å². The number of benzene rings is 2. The topological polar surface area (TPSA) is 77.2 Å². The van der Waals surface area contributed by atoms with E-state index in [0.717, 1.165) is 22.0 Å². The maximum absolute atomic E-state index is 14.4. The molecule has 1 N–H and O–H groups in total. The molecule has 0 bridgehead atoms. The fourth-order valence-corrected chi connectivity index (χ4v) is 5.72.